The number of hydrogen-bond donors (Lipinski definition) is 3. The molecule has 5 heterocycles. The summed E-state index contributed by atoms with van der Waals surface area (Å²) in [5, 5.41) is 7.41. The third-order valence-corrected chi connectivity index (χ3v) is 6.54. The average Bonchev–Trinajstić information content (AvgIpc) is 3.31. The second-order valence-electron chi connectivity index (χ2n) is 8.83. The molecule has 2 aliphatic rings. The summed E-state index contributed by atoms with van der Waals surface area (Å²) in [6.45, 7) is 3.42. The quantitative estimate of drug-likeness (QED) is 0.538. The molecule has 1 atom stereocenters. The van der Waals surface area contributed by atoms with E-state index in [2.05, 4.69) is 20.4 Å². The van der Waals surface area contributed by atoms with Gasteiger partial charge in [0.25, 0.3) is 0 Å². The van der Waals surface area contributed by atoms with E-state index < -0.39 is 17.6 Å². The molecule has 0 aliphatic carbocycles. The van der Waals surface area contributed by atoms with Crippen LogP contribution in [0.4, 0.5) is 29.5 Å². The van der Waals surface area contributed by atoms with Gasteiger partial charge in [0.2, 0.25) is 0 Å². The summed E-state index contributed by atoms with van der Waals surface area (Å²) in [6, 6.07) is 5.64. The van der Waals surface area contributed by atoms with Crippen molar-refractivity contribution >= 4 is 17.5 Å². The van der Waals surface area contributed by atoms with Crippen LogP contribution in [-0.2, 0) is 18.1 Å². The number of hydrogen-bond acceptors (Lipinski definition) is 6. The van der Waals surface area contributed by atoms with Gasteiger partial charge in [0.05, 0.1) is 28.7 Å². The number of carbonyl (C=O) groups excluding carboxylic acids is 1. The van der Waals surface area contributed by atoms with E-state index >= 15 is 0 Å². The molecule has 2 aliphatic heterocycles. The van der Waals surface area contributed by atoms with Gasteiger partial charge in [-0.3, -0.25) is 9.67 Å². The maximum atomic E-state index is 13.2. The molecule has 3 aromatic heterocycles. The number of nitrogens with one attached hydrogen (secondary N) is 1. The number of alkyl halides is 3. The monoisotopic (exact) mass is 472 g/mol. The summed E-state index contributed by atoms with van der Waals surface area (Å²) in [7, 11) is 0. The van der Waals surface area contributed by atoms with E-state index in [-0.39, 0.29) is 23.1 Å². The number of aromatic nitrogens is 4. The summed E-state index contributed by atoms with van der Waals surface area (Å²) in [6.07, 6.45) is -0.884. The number of aryl methyl sites for hydroxylation is 1. The Morgan fingerprint density at radius 1 is 1.24 bits per heavy atom. The van der Waals surface area contributed by atoms with Gasteiger partial charge >= 0.3 is 12.2 Å². The van der Waals surface area contributed by atoms with Gasteiger partial charge in [-0.25, -0.2) is 9.78 Å². The lowest BCUT2D eigenvalue weighted by molar-refractivity contribution is -0.137. The fraction of sp³-hybridized carbons (Fsp3) is 0.364. The number of pyridine rings is 2. The third-order valence-electron chi connectivity index (χ3n) is 6.54. The third kappa shape index (κ3) is 3.58. The summed E-state index contributed by atoms with van der Waals surface area (Å²) < 4.78 is 41.5. The number of anilines is 2. The zero-order valence-electron chi connectivity index (χ0n) is 18.3. The molecule has 1 saturated heterocycles. The molecule has 0 unspecified atom stereocenters. The number of likely N-dealkylation sites (tertiary alicyclic amines) is 1. The molecule has 9 nitrogen and oxygen atoms in total. The maximum Gasteiger partial charge on any atom is 0.419 e. The highest BCUT2D eigenvalue weighted by molar-refractivity contribution is 5.76. The molecule has 34 heavy (non-hydrogen) atoms. The van der Waals surface area contributed by atoms with Crippen LogP contribution in [0.3, 0.4) is 0 Å². The highest BCUT2D eigenvalue weighted by Gasteiger charge is 2.51. The van der Waals surface area contributed by atoms with E-state index in [1.165, 1.54) is 6.20 Å². The van der Waals surface area contributed by atoms with Crippen LogP contribution in [0, 0.1) is 0 Å². The highest BCUT2D eigenvalue weighted by atomic mass is 19.4. The van der Waals surface area contributed by atoms with Crippen molar-refractivity contribution in [2.24, 2.45) is 0 Å². The van der Waals surface area contributed by atoms with Crippen molar-refractivity contribution in [3.63, 3.8) is 0 Å². The van der Waals surface area contributed by atoms with Gasteiger partial charge in [-0.05, 0) is 37.6 Å². The smallest absolute Gasteiger partial charge is 0.397 e. The molecule has 5 N–H and O–H groups in total. The normalized spacial score (nSPS) is 17.4. The van der Waals surface area contributed by atoms with Crippen molar-refractivity contribution in [1.29, 1.82) is 0 Å². The molecule has 0 aromatic carbocycles. The number of halogens is 3. The van der Waals surface area contributed by atoms with Gasteiger partial charge in [0, 0.05) is 48.7 Å². The maximum absolute atomic E-state index is 13.2. The Hall–Kier alpha value is -3.83. The lowest BCUT2D eigenvalue weighted by Crippen LogP contribution is -2.62. The van der Waals surface area contributed by atoms with E-state index in [9.17, 15) is 18.0 Å². The van der Waals surface area contributed by atoms with Crippen molar-refractivity contribution in [2.45, 2.75) is 37.5 Å². The van der Waals surface area contributed by atoms with Crippen molar-refractivity contribution < 1.29 is 18.0 Å². The molecule has 178 valence electrons. The lowest BCUT2D eigenvalue weighted by Gasteiger charge is -2.47. The minimum atomic E-state index is -4.60. The first-order chi connectivity index (χ1) is 16.1. The van der Waals surface area contributed by atoms with Crippen molar-refractivity contribution in [3.05, 3.63) is 53.6 Å². The molecular formula is C22H23F3N8O. The van der Waals surface area contributed by atoms with Gasteiger partial charge in [-0.2, -0.15) is 18.3 Å². The number of rotatable bonds is 3. The number of urea groups is 1. The second-order valence-corrected chi connectivity index (χ2v) is 8.83. The Morgan fingerprint density at radius 2 is 2.00 bits per heavy atom. The number of nitrogens with two attached hydrogens (primary N) is 2. The van der Waals surface area contributed by atoms with Crippen LogP contribution in [0.25, 0.3) is 11.3 Å². The molecule has 1 fully saturated rings. The molecular weight excluding hydrogens is 449 g/mol. The van der Waals surface area contributed by atoms with Gasteiger partial charge < -0.3 is 21.7 Å². The predicted octanol–water partition coefficient (Wildman–Crippen LogP) is 2.95. The van der Waals surface area contributed by atoms with E-state index in [0.717, 1.165) is 18.2 Å². The average molecular weight is 472 g/mol. The van der Waals surface area contributed by atoms with Crippen LogP contribution in [-0.4, -0.2) is 43.8 Å². The SMILES string of the molecule is C[C@@H](NC(=O)N1CC2(CCn3nc(-c4cnc(N)c(C(F)(F)F)c4)cc32)C1)c1ncccc1N. The van der Waals surface area contributed by atoms with Crippen LogP contribution in [0.1, 0.15) is 36.3 Å². The minimum absolute atomic E-state index is 0.223. The molecule has 0 saturated carbocycles. The van der Waals surface area contributed by atoms with Crippen LogP contribution in [0.2, 0.25) is 0 Å². The highest BCUT2D eigenvalue weighted by Crippen LogP contribution is 2.44. The lowest BCUT2D eigenvalue weighted by atomic mass is 9.76. The molecule has 0 bridgehead atoms. The molecule has 1 spiro atoms. The first-order valence-electron chi connectivity index (χ1n) is 10.7. The number of fused-ring (bicyclic) bond motifs is 2. The van der Waals surface area contributed by atoms with E-state index in [4.69, 9.17) is 11.5 Å². The summed E-state index contributed by atoms with van der Waals surface area (Å²) >= 11 is 0. The zero-order valence-corrected chi connectivity index (χ0v) is 18.3. The van der Waals surface area contributed by atoms with Crippen LogP contribution in [0.15, 0.2) is 36.7 Å². The van der Waals surface area contributed by atoms with Gasteiger partial charge in [-0.1, -0.05) is 0 Å². The molecule has 5 rings (SSSR count). The summed E-state index contributed by atoms with van der Waals surface area (Å²) in [5.74, 6) is -0.568. The van der Waals surface area contributed by atoms with Crippen molar-refractivity contribution in [2.75, 3.05) is 24.6 Å². The van der Waals surface area contributed by atoms with Crippen LogP contribution < -0.4 is 16.8 Å². The fourth-order valence-corrected chi connectivity index (χ4v) is 4.73. The second kappa shape index (κ2) is 7.61. The standard InChI is InChI=1S/C22H23F3N8O/c1-12(18-15(26)3-2-5-28-18)30-20(34)32-10-21(11-32)4-6-33-17(21)8-16(31-33)13-7-14(22(23,24)25)19(27)29-9-13/h2-3,5,7-9,12H,4,6,10-11,26H2,1H3,(H2,27,29)(H,30,34)/t12-/m1/s1. The topological polar surface area (TPSA) is 128 Å². The van der Waals surface area contributed by atoms with Crippen LogP contribution in [0.5, 0.6) is 0 Å². The number of nitrogens with zero attached hydrogens (tertiary/aromatic N) is 5. The molecule has 2 amide bonds. The van der Waals surface area contributed by atoms with Gasteiger partial charge in [0.1, 0.15) is 5.82 Å². The number of carbonyl (C=O) groups is 1. The Morgan fingerprint density at radius 3 is 2.71 bits per heavy atom. The molecule has 3 aromatic rings. The minimum Gasteiger partial charge on any atom is -0.397 e. The molecule has 12 heteroatoms. The van der Waals surface area contributed by atoms with Crippen molar-refractivity contribution in [3.8, 4) is 11.3 Å². The largest absolute Gasteiger partial charge is 0.419 e. The van der Waals surface area contributed by atoms with Crippen LogP contribution >= 0.6 is 0 Å². The predicted molar refractivity (Wildman–Crippen MR) is 118 cm³/mol. The van der Waals surface area contributed by atoms with Gasteiger partial charge in [0.15, 0.2) is 0 Å². The number of amides is 2. The van der Waals surface area contributed by atoms with Gasteiger partial charge in [-0.15, -0.1) is 0 Å². The Balaban J connectivity index is 1.30. The first-order valence-corrected chi connectivity index (χ1v) is 10.7. The first kappa shape index (κ1) is 22.0. The van der Waals surface area contributed by atoms with E-state index in [1.807, 2.05) is 6.92 Å². The fourth-order valence-electron chi connectivity index (χ4n) is 4.73. The Bertz CT molecular complexity index is 1270. The zero-order chi connectivity index (χ0) is 24.3. The Kier molecular flexibility index (Phi) is 4.92. The summed E-state index contributed by atoms with van der Waals surface area (Å²) in [4.78, 5) is 22.4. The Labute approximate surface area is 193 Å². The summed E-state index contributed by atoms with van der Waals surface area (Å²) in [5.41, 5.74) is 12.8. The molecule has 0 radical (unpaired) electrons. The van der Waals surface area contributed by atoms with E-state index in [1.54, 1.807) is 34.0 Å². The number of nitrogen functional groups attached to an aromatic ring is 2. The van der Waals surface area contributed by atoms with E-state index in [0.29, 0.717) is 36.7 Å². The van der Waals surface area contributed by atoms with Crippen molar-refractivity contribution in [1.82, 2.24) is 30.0 Å².